The highest BCUT2D eigenvalue weighted by atomic mass is 35.5. The zero-order valence-electron chi connectivity index (χ0n) is 17.3. The number of sulfonamides is 1. The number of amides is 1. The maximum atomic E-state index is 13.1. The van der Waals surface area contributed by atoms with E-state index in [2.05, 4.69) is 19.9 Å². The van der Waals surface area contributed by atoms with E-state index in [1.165, 1.54) is 16.7 Å². The van der Waals surface area contributed by atoms with Gasteiger partial charge in [-0.15, -0.1) is 0 Å². The van der Waals surface area contributed by atoms with Crippen molar-refractivity contribution >= 4 is 38.4 Å². The first kappa shape index (κ1) is 21.5. The smallest absolute Gasteiger partial charge is 0.258 e. The molecule has 4 heterocycles. The molecule has 5 rings (SSSR count). The summed E-state index contributed by atoms with van der Waals surface area (Å²) < 4.78 is 27.6. The Hall–Kier alpha value is -3.34. The molecular formula is C22H19ClN6O3S. The molecule has 9 nitrogen and oxygen atoms in total. The lowest BCUT2D eigenvalue weighted by Crippen LogP contribution is -2.50. The van der Waals surface area contributed by atoms with Crippen LogP contribution >= 0.6 is 11.6 Å². The van der Waals surface area contributed by atoms with Gasteiger partial charge in [0.1, 0.15) is 5.03 Å². The molecule has 0 aliphatic carbocycles. The second-order valence-electron chi connectivity index (χ2n) is 7.59. The van der Waals surface area contributed by atoms with E-state index < -0.39 is 10.0 Å². The van der Waals surface area contributed by atoms with Crippen LogP contribution in [0, 0.1) is 0 Å². The van der Waals surface area contributed by atoms with Crippen LogP contribution in [-0.2, 0) is 10.0 Å². The van der Waals surface area contributed by atoms with E-state index >= 15 is 0 Å². The van der Waals surface area contributed by atoms with E-state index in [4.69, 9.17) is 11.6 Å². The normalized spacial score (nSPS) is 15.1. The molecule has 1 N–H and O–H groups in total. The fraction of sp³-hybridized carbons (Fsp3) is 0.182. The predicted octanol–water partition coefficient (Wildman–Crippen LogP) is 2.82. The van der Waals surface area contributed by atoms with Gasteiger partial charge in [-0.05, 0) is 36.4 Å². The van der Waals surface area contributed by atoms with Crippen LogP contribution < -0.4 is 0 Å². The van der Waals surface area contributed by atoms with Gasteiger partial charge in [-0.25, -0.2) is 18.4 Å². The Bertz CT molecular complexity index is 1420. The maximum absolute atomic E-state index is 13.1. The molecule has 3 aromatic heterocycles. The summed E-state index contributed by atoms with van der Waals surface area (Å²) in [4.78, 5) is 30.0. The average molecular weight is 483 g/mol. The van der Waals surface area contributed by atoms with E-state index in [1.807, 2.05) is 0 Å². The van der Waals surface area contributed by atoms with Crippen LogP contribution in [0.4, 0.5) is 0 Å². The summed E-state index contributed by atoms with van der Waals surface area (Å²) in [6.07, 6.45) is 6.28. The molecule has 33 heavy (non-hydrogen) atoms. The van der Waals surface area contributed by atoms with Crippen molar-refractivity contribution in [2.45, 2.75) is 5.03 Å². The number of benzene rings is 1. The zero-order chi connectivity index (χ0) is 23.0. The molecule has 0 unspecified atom stereocenters. The van der Waals surface area contributed by atoms with Crippen molar-refractivity contribution in [3.8, 4) is 11.4 Å². The number of aromatic nitrogens is 4. The van der Waals surface area contributed by atoms with Gasteiger partial charge in [-0.3, -0.25) is 9.78 Å². The number of nitrogens with zero attached hydrogens (tertiary/aromatic N) is 5. The number of halogens is 1. The number of hydrogen-bond acceptors (Lipinski definition) is 6. The SMILES string of the molecule is O=C(c1cnc(-c2ccncc2)nc1)N1CCN(S(=O)(=O)c2cc3cc(Cl)ccc3[nH]2)CC1. The van der Waals surface area contributed by atoms with Crippen LogP contribution in [0.2, 0.25) is 5.02 Å². The Morgan fingerprint density at radius 2 is 1.67 bits per heavy atom. The number of hydrogen-bond donors (Lipinski definition) is 1. The van der Waals surface area contributed by atoms with E-state index in [-0.39, 0.29) is 37.1 Å². The van der Waals surface area contributed by atoms with Crippen LogP contribution in [0.15, 0.2) is 66.2 Å². The van der Waals surface area contributed by atoms with Gasteiger partial charge in [-0.1, -0.05) is 11.6 Å². The van der Waals surface area contributed by atoms with Gasteiger partial charge >= 0.3 is 0 Å². The summed E-state index contributed by atoms with van der Waals surface area (Å²) in [5.74, 6) is 0.276. The Labute approximate surface area is 195 Å². The third-order valence-corrected chi connectivity index (χ3v) is 7.59. The number of carbonyl (C=O) groups excluding carboxylic acids is 1. The Morgan fingerprint density at radius 3 is 2.36 bits per heavy atom. The molecule has 1 aromatic carbocycles. The molecule has 168 valence electrons. The van der Waals surface area contributed by atoms with Gasteiger partial charge in [0.2, 0.25) is 0 Å². The van der Waals surface area contributed by atoms with Crippen molar-refractivity contribution in [1.29, 1.82) is 0 Å². The fourth-order valence-corrected chi connectivity index (χ4v) is 5.38. The molecule has 0 spiro atoms. The first-order valence-electron chi connectivity index (χ1n) is 10.2. The van der Waals surface area contributed by atoms with Crippen molar-refractivity contribution < 1.29 is 13.2 Å². The number of carbonyl (C=O) groups is 1. The third-order valence-electron chi connectivity index (χ3n) is 5.54. The van der Waals surface area contributed by atoms with Crippen molar-refractivity contribution in [3.63, 3.8) is 0 Å². The molecule has 1 fully saturated rings. The van der Waals surface area contributed by atoms with Crippen LogP contribution in [0.5, 0.6) is 0 Å². The van der Waals surface area contributed by atoms with Gasteiger partial charge in [0.05, 0.1) is 5.56 Å². The average Bonchev–Trinajstić information content (AvgIpc) is 3.28. The van der Waals surface area contributed by atoms with Gasteiger partial charge in [0.25, 0.3) is 15.9 Å². The van der Waals surface area contributed by atoms with Crippen molar-refractivity contribution in [1.82, 2.24) is 29.1 Å². The highest BCUT2D eigenvalue weighted by molar-refractivity contribution is 7.89. The highest BCUT2D eigenvalue weighted by Gasteiger charge is 2.31. The number of nitrogens with one attached hydrogen (secondary N) is 1. The predicted molar refractivity (Wildman–Crippen MR) is 123 cm³/mol. The van der Waals surface area contributed by atoms with Crippen molar-refractivity contribution in [2.75, 3.05) is 26.2 Å². The Kier molecular flexibility index (Phi) is 5.57. The standard InChI is InChI=1S/C22H19ClN6O3S/c23-18-1-2-19-16(11-18)12-20(27-19)33(31,32)29-9-7-28(8-10-29)22(30)17-13-25-21(26-14-17)15-3-5-24-6-4-15/h1-6,11-14,27H,7-10H2. The van der Waals surface area contributed by atoms with E-state index in [1.54, 1.807) is 53.7 Å². The van der Waals surface area contributed by atoms with E-state index in [9.17, 15) is 13.2 Å². The minimum atomic E-state index is -3.72. The fourth-order valence-electron chi connectivity index (χ4n) is 3.76. The Balaban J connectivity index is 1.26. The highest BCUT2D eigenvalue weighted by Crippen LogP contribution is 2.25. The summed E-state index contributed by atoms with van der Waals surface area (Å²) in [6, 6.07) is 10.3. The summed E-state index contributed by atoms with van der Waals surface area (Å²) >= 11 is 6.00. The number of aromatic amines is 1. The number of H-pyrrole nitrogens is 1. The number of pyridine rings is 1. The third kappa shape index (κ3) is 4.20. The number of fused-ring (bicyclic) bond motifs is 1. The molecule has 4 aromatic rings. The molecule has 1 saturated heterocycles. The second kappa shape index (κ2) is 8.54. The number of rotatable bonds is 4. The van der Waals surface area contributed by atoms with Crippen molar-refractivity contribution in [3.05, 3.63) is 71.8 Å². The van der Waals surface area contributed by atoms with Crippen molar-refractivity contribution in [2.24, 2.45) is 0 Å². The summed E-state index contributed by atoms with van der Waals surface area (Å²) in [5, 5.41) is 1.38. The molecule has 1 aliphatic rings. The first-order valence-corrected chi connectivity index (χ1v) is 12.0. The molecular weight excluding hydrogens is 464 g/mol. The molecule has 1 aliphatic heterocycles. The number of piperazine rings is 1. The van der Waals surface area contributed by atoms with Crippen LogP contribution in [0.25, 0.3) is 22.3 Å². The molecule has 0 bridgehead atoms. The zero-order valence-corrected chi connectivity index (χ0v) is 18.9. The molecule has 11 heteroatoms. The summed E-state index contributed by atoms with van der Waals surface area (Å²) in [5.41, 5.74) is 1.86. The Morgan fingerprint density at radius 1 is 0.970 bits per heavy atom. The van der Waals surface area contributed by atoms with Gasteiger partial charge in [0, 0.05) is 72.5 Å². The van der Waals surface area contributed by atoms with Crippen LogP contribution in [-0.4, -0.2) is 69.6 Å². The van der Waals surface area contributed by atoms with Crippen LogP contribution in [0.1, 0.15) is 10.4 Å². The largest absolute Gasteiger partial charge is 0.345 e. The molecule has 1 amide bonds. The van der Waals surface area contributed by atoms with Gasteiger partial charge in [-0.2, -0.15) is 4.31 Å². The first-order chi connectivity index (χ1) is 15.9. The molecule has 0 atom stereocenters. The van der Waals surface area contributed by atoms with E-state index in [0.717, 1.165) is 10.9 Å². The van der Waals surface area contributed by atoms with Crippen LogP contribution in [0.3, 0.4) is 0 Å². The summed E-state index contributed by atoms with van der Waals surface area (Å²) in [6.45, 7) is 0.937. The lowest BCUT2D eigenvalue weighted by atomic mass is 10.2. The molecule has 0 radical (unpaired) electrons. The van der Waals surface area contributed by atoms with Gasteiger partial charge < -0.3 is 9.88 Å². The topological polar surface area (TPSA) is 112 Å². The molecule has 0 saturated carbocycles. The minimum absolute atomic E-state index is 0.111. The monoisotopic (exact) mass is 482 g/mol. The lowest BCUT2D eigenvalue weighted by Gasteiger charge is -2.33. The summed E-state index contributed by atoms with van der Waals surface area (Å²) in [7, 11) is -3.72. The maximum Gasteiger partial charge on any atom is 0.258 e. The second-order valence-corrected chi connectivity index (χ2v) is 9.94. The quantitative estimate of drug-likeness (QED) is 0.478. The minimum Gasteiger partial charge on any atom is -0.345 e. The lowest BCUT2D eigenvalue weighted by molar-refractivity contribution is 0.0697. The van der Waals surface area contributed by atoms with Gasteiger partial charge in [0.15, 0.2) is 5.82 Å². The van der Waals surface area contributed by atoms with E-state index in [0.29, 0.717) is 21.9 Å².